The molecule has 0 aliphatic carbocycles. The Morgan fingerprint density at radius 1 is 1.13 bits per heavy atom. The highest BCUT2D eigenvalue weighted by molar-refractivity contribution is 5.94. The lowest BCUT2D eigenvalue weighted by atomic mass is 10.1. The van der Waals surface area contributed by atoms with E-state index in [4.69, 9.17) is 10.5 Å². The molecule has 0 heterocycles. The highest BCUT2D eigenvalue weighted by Gasteiger charge is 2.06. The average molecular weight is 316 g/mol. The molecule has 0 aromatic heterocycles. The van der Waals surface area contributed by atoms with Gasteiger partial charge >= 0.3 is 0 Å². The van der Waals surface area contributed by atoms with Crippen LogP contribution in [0.1, 0.15) is 28.8 Å². The van der Waals surface area contributed by atoms with Crippen LogP contribution >= 0.6 is 0 Å². The predicted octanol–water partition coefficient (Wildman–Crippen LogP) is 2.87. The number of nitrogens with two attached hydrogens (primary N) is 1. The van der Waals surface area contributed by atoms with Crippen LogP contribution < -0.4 is 15.8 Å². The normalized spacial score (nSPS) is 10.3. The van der Waals surface area contributed by atoms with Gasteiger partial charge in [0.25, 0.3) is 5.91 Å². The molecule has 0 aliphatic rings. The third-order valence-corrected chi connectivity index (χ3v) is 3.31. The Hall–Kier alpha value is -2.40. The van der Waals surface area contributed by atoms with E-state index in [1.807, 2.05) is 6.07 Å². The topological polar surface area (TPSA) is 64.3 Å². The molecule has 0 radical (unpaired) electrons. The van der Waals surface area contributed by atoms with Crippen LogP contribution in [0.25, 0.3) is 0 Å². The highest BCUT2D eigenvalue weighted by Crippen LogP contribution is 2.15. The van der Waals surface area contributed by atoms with Crippen LogP contribution in [-0.4, -0.2) is 19.0 Å². The lowest BCUT2D eigenvalue weighted by molar-refractivity contribution is 0.0953. The molecule has 122 valence electrons. The molecule has 0 fully saturated rings. The maximum absolute atomic E-state index is 13.1. The molecule has 0 unspecified atom stereocenters. The van der Waals surface area contributed by atoms with E-state index in [9.17, 15) is 9.18 Å². The Balaban J connectivity index is 1.90. The Morgan fingerprint density at radius 3 is 2.74 bits per heavy atom. The zero-order valence-corrected chi connectivity index (χ0v) is 12.9. The van der Waals surface area contributed by atoms with Gasteiger partial charge in [0.2, 0.25) is 0 Å². The quantitative estimate of drug-likeness (QED) is 0.736. The number of halogens is 1. The number of hydrogen-bond acceptors (Lipinski definition) is 3. The molecule has 0 spiro atoms. The van der Waals surface area contributed by atoms with Crippen LogP contribution in [0.3, 0.4) is 0 Å². The molecule has 23 heavy (non-hydrogen) atoms. The first-order valence-corrected chi connectivity index (χ1v) is 7.64. The first-order valence-electron chi connectivity index (χ1n) is 7.64. The number of benzene rings is 2. The Bertz CT molecular complexity index is 646. The zero-order chi connectivity index (χ0) is 16.5. The van der Waals surface area contributed by atoms with E-state index in [-0.39, 0.29) is 18.3 Å². The first kappa shape index (κ1) is 17.0. The number of ether oxygens (including phenoxy) is 1. The SMILES string of the molecule is NCCCCNC(=O)c1cccc(COc2cccc(F)c2)c1. The Morgan fingerprint density at radius 2 is 1.96 bits per heavy atom. The molecule has 0 atom stereocenters. The van der Waals surface area contributed by atoms with Crippen molar-refractivity contribution in [3.8, 4) is 5.75 Å². The number of nitrogens with one attached hydrogen (secondary N) is 1. The van der Waals surface area contributed by atoms with E-state index in [0.717, 1.165) is 18.4 Å². The second-order valence-electron chi connectivity index (χ2n) is 5.20. The Kier molecular flexibility index (Phi) is 6.56. The molecule has 3 N–H and O–H groups in total. The summed E-state index contributed by atoms with van der Waals surface area (Å²) in [7, 11) is 0. The van der Waals surface area contributed by atoms with E-state index in [0.29, 0.717) is 24.4 Å². The lowest BCUT2D eigenvalue weighted by Gasteiger charge is -2.09. The molecular weight excluding hydrogens is 295 g/mol. The summed E-state index contributed by atoms with van der Waals surface area (Å²) < 4.78 is 18.6. The largest absolute Gasteiger partial charge is 0.489 e. The van der Waals surface area contributed by atoms with Gasteiger partial charge in [0.1, 0.15) is 18.2 Å². The maximum atomic E-state index is 13.1. The Labute approximate surface area is 135 Å². The first-order chi connectivity index (χ1) is 11.2. The number of rotatable bonds is 8. The van der Waals surface area contributed by atoms with Gasteiger partial charge < -0.3 is 15.8 Å². The highest BCUT2D eigenvalue weighted by atomic mass is 19.1. The summed E-state index contributed by atoms with van der Waals surface area (Å²) in [5.41, 5.74) is 6.85. The number of carbonyl (C=O) groups excluding carboxylic acids is 1. The summed E-state index contributed by atoms with van der Waals surface area (Å²) >= 11 is 0. The fourth-order valence-corrected chi connectivity index (χ4v) is 2.10. The van der Waals surface area contributed by atoms with Gasteiger partial charge in [0.15, 0.2) is 0 Å². The number of carbonyl (C=O) groups is 1. The molecule has 0 aliphatic heterocycles. The zero-order valence-electron chi connectivity index (χ0n) is 12.9. The molecule has 5 heteroatoms. The van der Waals surface area contributed by atoms with Crippen molar-refractivity contribution in [2.24, 2.45) is 5.73 Å². The fourth-order valence-electron chi connectivity index (χ4n) is 2.10. The summed E-state index contributed by atoms with van der Waals surface area (Å²) in [6, 6.07) is 13.2. The van der Waals surface area contributed by atoms with Gasteiger partial charge in [0, 0.05) is 18.2 Å². The maximum Gasteiger partial charge on any atom is 0.251 e. The summed E-state index contributed by atoms with van der Waals surface area (Å²) in [4.78, 5) is 12.0. The van der Waals surface area contributed by atoms with Gasteiger partial charge in [-0.25, -0.2) is 4.39 Å². The van der Waals surface area contributed by atoms with Crippen LogP contribution in [0.15, 0.2) is 48.5 Å². The van der Waals surface area contributed by atoms with E-state index in [2.05, 4.69) is 5.32 Å². The molecule has 0 saturated heterocycles. The third-order valence-electron chi connectivity index (χ3n) is 3.31. The monoisotopic (exact) mass is 316 g/mol. The lowest BCUT2D eigenvalue weighted by Crippen LogP contribution is -2.25. The summed E-state index contributed by atoms with van der Waals surface area (Å²) in [6.07, 6.45) is 1.76. The van der Waals surface area contributed by atoms with Gasteiger partial charge in [-0.3, -0.25) is 4.79 Å². The van der Waals surface area contributed by atoms with Crippen LogP contribution in [0.4, 0.5) is 4.39 Å². The minimum Gasteiger partial charge on any atom is -0.489 e. The van der Waals surface area contributed by atoms with E-state index < -0.39 is 0 Å². The number of amides is 1. The molecule has 2 aromatic rings. The van der Waals surface area contributed by atoms with Crippen molar-refractivity contribution in [2.75, 3.05) is 13.1 Å². The van der Waals surface area contributed by atoms with E-state index in [1.165, 1.54) is 12.1 Å². The smallest absolute Gasteiger partial charge is 0.251 e. The fraction of sp³-hybridized carbons (Fsp3) is 0.278. The van der Waals surface area contributed by atoms with Crippen molar-refractivity contribution in [1.82, 2.24) is 5.32 Å². The molecule has 2 rings (SSSR count). The average Bonchev–Trinajstić information content (AvgIpc) is 2.57. The van der Waals surface area contributed by atoms with Gasteiger partial charge in [-0.2, -0.15) is 0 Å². The minimum absolute atomic E-state index is 0.116. The van der Waals surface area contributed by atoms with Gasteiger partial charge in [-0.05, 0) is 49.2 Å². The van der Waals surface area contributed by atoms with Crippen molar-refractivity contribution in [1.29, 1.82) is 0 Å². The molecule has 1 amide bonds. The third kappa shape index (κ3) is 5.71. The van der Waals surface area contributed by atoms with Crippen LogP contribution in [0, 0.1) is 5.82 Å². The van der Waals surface area contributed by atoms with Crippen LogP contribution in [-0.2, 0) is 6.61 Å². The van der Waals surface area contributed by atoms with E-state index in [1.54, 1.807) is 30.3 Å². The second kappa shape index (κ2) is 8.90. The number of hydrogen-bond donors (Lipinski definition) is 2. The van der Waals surface area contributed by atoms with Crippen LogP contribution in [0.2, 0.25) is 0 Å². The van der Waals surface area contributed by atoms with Crippen molar-refractivity contribution in [2.45, 2.75) is 19.4 Å². The summed E-state index contributed by atoms with van der Waals surface area (Å²) in [5.74, 6) is 0.00405. The van der Waals surface area contributed by atoms with Crippen molar-refractivity contribution in [3.63, 3.8) is 0 Å². The standard InChI is InChI=1S/C18H21FN2O2/c19-16-7-4-8-17(12-16)23-13-14-5-3-6-15(11-14)18(22)21-10-2-1-9-20/h3-8,11-12H,1-2,9-10,13,20H2,(H,21,22). The van der Waals surface area contributed by atoms with Crippen LogP contribution in [0.5, 0.6) is 5.75 Å². The van der Waals surface area contributed by atoms with E-state index >= 15 is 0 Å². The summed E-state index contributed by atoms with van der Waals surface area (Å²) in [5, 5.41) is 2.86. The molecule has 0 saturated carbocycles. The predicted molar refractivity (Wildman–Crippen MR) is 87.8 cm³/mol. The number of unbranched alkanes of at least 4 members (excludes halogenated alkanes) is 1. The minimum atomic E-state index is -0.340. The van der Waals surface area contributed by atoms with Gasteiger partial charge in [0.05, 0.1) is 0 Å². The second-order valence-corrected chi connectivity index (χ2v) is 5.20. The molecule has 4 nitrogen and oxygen atoms in total. The van der Waals surface area contributed by atoms with Gasteiger partial charge in [-0.1, -0.05) is 18.2 Å². The molecular formula is C18H21FN2O2. The molecule has 2 aromatic carbocycles. The summed E-state index contributed by atoms with van der Waals surface area (Å²) in [6.45, 7) is 1.51. The molecule has 0 bridgehead atoms. The van der Waals surface area contributed by atoms with Crippen molar-refractivity contribution >= 4 is 5.91 Å². The van der Waals surface area contributed by atoms with Crippen molar-refractivity contribution < 1.29 is 13.9 Å². The van der Waals surface area contributed by atoms with Gasteiger partial charge in [-0.15, -0.1) is 0 Å². The van der Waals surface area contributed by atoms with Crippen molar-refractivity contribution in [3.05, 3.63) is 65.5 Å².